The maximum absolute atomic E-state index is 12.8. The van der Waals surface area contributed by atoms with Crippen LogP contribution < -0.4 is 15.0 Å². The van der Waals surface area contributed by atoms with Crippen LogP contribution in [0, 0.1) is 6.92 Å². The van der Waals surface area contributed by atoms with Gasteiger partial charge in [0, 0.05) is 7.11 Å². The Balaban J connectivity index is 1.79. The molecule has 8 nitrogen and oxygen atoms in total. The SMILES string of the molecule is COCc1nnc(NC(=O)CN2C(=O)C(C)(C)Oc3ccc(C)cc32)s1. The first-order chi connectivity index (χ1) is 12.3. The van der Waals surface area contributed by atoms with Crippen LogP contribution in [0.1, 0.15) is 24.4 Å². The lowest BCUT2D eigenvalue weighted by Gasteiger charge is -2.38. The zero-order chi connectivity index (χ0) is 18.9. The highest BCUT2D eigenvalue weighted by Crippen LogP contribution is 2.38. The van der Waals surface area contributed by atoms with E-state index in [9.17, 15) is 9.59 Å². The highest BCUT2D eigenvalue weighted by molar-refractivity contribution is 7.15. The van der Waals surface area contributed by atoms with E-state index < -0.39 is 5.60 Å². The summed E-state index contributed by atoms with van der Waals surface area (Å²) in [6.45, 7) is 5.48. The van der Waals surface area contributed by atoms with E-state index in [0.717, 1.165) is 5.56 Å². The first kappa shape index (κ1) is 18.3. The van der Waals surface area contributed by atoms with Gasteiger partial charge in [0.05, 0.1) is 5.69 Å². The second-order valence-electron chi connectivity index (χ2n) is 6.46. The average molecular weight is 376 g/mol. The first-order valence-corrected chi connectivity index (χ1v) is 8.84. The number of anilines is 2. The third kappa shape index (κ3) is 3.68. The number of methoxy groups -OCH3 is 1. The molecule has 2 aromatic rings. The number of hydrogen-bond donors (Lipinski definition) is 1. The Kier molecular flexibility index (Phi) is 4.92. The summed E-state index contributed by atoms with van der Waals surface area (Å²) in [7, 11) is 1.56. The minimum Gasteiger partial charge on any atom is -0.476 e. The van der Waals surface area contributed by atoms with E-state index in [1.807, 2.05) is 25.1 Å². The van der Waals surface area contributed by atoms with E-state index in [0.29, 0.717) is 28.2 Å². The van der Waals surface area contributed by atoms with Crippen LogP contribution in [-0.2, 0) is 20.9 Å². The Morgan fingerprint density at radius 2 is 2.15 bits per heavy atom. The van der Waals surface area contributed by atoms with Crippen molar-refractivity contribution in [3.05, 3.63) is 28.8 Å². The molecular weight excluding hydrogens is 356 g/mol. The number of aryl methyl sites for hydroxylation is 1. The molecule has 0 fully saturated rings. The first-order valence-electron chi connectivity index (χ1n) is 8.03. The largest absolute Gasteiger partial charge is 0.476 e. The topological polar surface area (TPSA) is 93.7 Å². The summed E-state index contributed by atoms with van der Waals surface area (Å²) in [6.07, 6.45) is 0. The number of rotatable bonds is 5. The van der Waals surface area contributed by atoms with Crippen molar-refractivity contribution in [3.8, 4) is 5.75 Å². The molecule has 0 atom stereocenters. The monoisotopic (exact) mass is 376 g/mol. The van der Waals surface area contributed by atoms with Gasteiger partial charge in [0.25, 0.3) is 5.91 Å². The third-order valence-electron chi connectivity index (χ3n) is 3.81. The van der Waals surface area contributed by atoms with Gasteiger partial charge in [-0.3, -0.25) is 19.8 Å². The summed E-state index contributed by atoms with van der Waals surface area (Å²) in [5.74, 6) is -0.0574. The van der Waals surface area contributed by atoms with Crippen molar-refractivity contribution < 1.29 is 19.1 Å². The minimum absolute atomic E-state index is 0.138. The molecule has 0 spiro atoms. The smallest absolute Gasteiger partial charge is 0.271 e. The van der Waals surface area contributed by atoms with E-state index in [1.54, 1.807) is 21.0 Å². The molecule has 26 heavy (non-hydrogen) atoms. The van der Waals surface area contributed by atoms with Crippen LogP contribution in [0.25, 0.3) is 0 Å². The molecular formula is C17H20N4O4S. The number of benzene rings is 1. The van der Waals surface area contributed by atoms with Gasteiger partial charge >= 0.3 is 0 Å². The van der Waals surface area contributed by atoms with Crippen LogP contribution in [0.2, 0.25) is 0 Å². The minimum atomic E-state index is -1.04. The number of amides is 2. The summed E-state index contributed by atoms with van der Waals surface area (Å²) in [6, 6.07) is 5.55. The molecule has 2 amide bonds. The summed E-state index contributed by atoms with van der Waals surface area (Å²) in [5.41, 5.74) is 0.511. The lowest BCUT2D eigenvalue weighted by atomic mass is 10.0. The summed E-state index contributed by atoms with van der Waals surface area (Å²) in [5, 5.41) is 11.5. The predicted octanol–water partition coefficient (Wildman–Crippen LogP) is 2.14. The predicted molar refractivity (Wildman–Crippen MR) is 97.5 cm³/mol. The van der Waals surface area contributed by atoms with Crippen molar-refractivity contribution in [1.29, 1.82) is 0 Å². The Bertz CT molecular complexity index is 849. The molecule has 0 unspecified atom stereocenters. The van der Waals surface area contributed by atoms with Crippen molar-refractivity contribution in [2.75, 3.05) is 23.9 Å². The van der Waals surface area contributed by atoms with E-state index in [1.165, 1.54) is 16.2 Å². The quantitative estimate of drug-likeness (QED) is 0.859. The van der Waals surface area contributed by atoms with E-state index in [4.69, 9.17) is 9.47 Å². The highest BCUT2D eigenvalue weighted by atomic mass is 32.1. The summed E-state index contributed by atoms with van der Waals surface area (Å²) >= 11 is 1.23. The van der Waals surface area contributed by atoms with Gasteiger partial charge in [0.2, 0.25) is 11.0 Å². The zero-order valence-electron chi connectivity index (χ0n) is 15.0. The van der Waals surface area contributed by atoms with Crippen LogP contribution in [-0.4, -0.2) is 41.3 Å². The van der Waals surface area contributed by atoms with Crippen molar-refractivity contribution in [2.24, 2.45) is 0 Å². The van der Waals surface area contributed by atoms with Gasteiger partial charge in [-0.25, -0.2) is 0 Å². The number of carbonyl (C=O) groups excluding carboxylic acids is 2. The van der Waals surface area contributed by atoms with Crippen LogP contribution in [0.3, 0.4) is 0 Å². The maximum atomic E-state index is 12.8. The van der Waals surface area contributed by atoms with E-state index in [2.05, 4.69) is 15.5 Å². The average Bonchev–Trinajstić information content (AvgIpc) is 3.00. The Morgan fingerprint density at radius 3 is 2.88 bits per heavy atom. The Hall–Kier alpha value is -2.52. The molecule has 0 saturated heterocycles. The van der Waals surface area contributed by atoms with Crippen LogP contribution >= 0.6 is 11.3 Å². The van der Waals surface area contributed by atoms with E-state index >= 15 is 0 Å². The van der Waals surface area contributed by atoms with Gasteiger partial charge in [-0.1, -0.05) is 17.4 Å². The fourth-order valence-electron chi connectivity index (χ4n) is 2.62. The van der Waals surface area contributed by atoms with Gasteiger partial charge in [0.15, 0.2) is 5.60 Å². The second kappa shape index (κ2) is 7.00. The molecule has 3 rings (SSSR count). The number of fused-ring (bicyclic) bond motifs is 1. The van der Waals surface area contributed by atoms with Crippen LogP contribution in [0.5, 0.6) is 5.75 Å². The summed E-state index contributed by atoms with van der Waals surface area (Å²) in [4.78, 5) is 26.7. The molecule has 138 valence electrons. The fourth-order valence-corrected chi connectivity index (χ4v) is 3.35. The number of hydrogen-bond acceptors (Lipinski definition) is 7. The fraction of sp³-hybridized carbons (Fsp3) is 0.412. The summed E-state index contributed by atoms with van der Waals surface area (Å²) < 4.78 is 10.8. The van der Waals surface area contributed by atoms with Gasteiger partial charge < -0.3 is 9.47 Å². The molecule has 0 bridgehead atoms. The molecule has 0 saturated carbocycles. The molecule has 1 aromatic carbocycles. The van der Waals surface area contributed by atoms with Crippen molar-refractivity contribution >= 4 is 34.0 Å². The normalized spacial score (nSPS) is 15.4. The molecule has 1 aliphatic rings. The van der Waals surface area contributed by atoms with Gasteiger partial charge in [-0.05, 0) is 38.5 Å². The Labute approximate surface area is 155 Å². The number of nitrogens with zero attached hydrogens (tertiary/aromatic N) is 3. The van der Waals surface area contributed by atoms with Crippen molar-refractivity contribution in [2.45, 2.75) is 33.0 Å². The van der Waals surface area contributed by atoms with E-state index in [-0.39, 0.29) is 18.4 Å². The second-order valence-corrected chi connectivity index (χ2v) is 7.52. The molecule has 0 radical (unpaired) electrons. The lowest BCUT2D eigenvalue weighted by Crippen LogP contribution is -2.54. The maximum Gasteiger partial charge on any atom is 0.271 e. The standard InChI is InChI=1S/C17H20N4O4S/c1-10-5-6-12-11(7-10)21(15(23)17(2,3)25-12)8-13(22)18-16-20-19-14(26-16)9-24-4/h5-7H,8-9H2,1-4H3,(H,18,20,22). The molecule has 2 heterocycles. The number of carbonyl (C=O) groups is 2. The molecule has 1 aliphatic heterocycles. The van der Waals surface area contributed by atoms with Crippen molar-refractivity contribution in [1.82, 2.24) is 10.2 Å². The van der Waals surface area contributed by atoms with Crippen LogP contribution in [0.4, 0.5) is 10.8 Å². The highest BCUT2D eigenvalue weighted by Gasteiger charge is 2.41. The number of nitrogens with one attached hydrogen (secondary N) is 1. The number of ether oxygens (including phenoxy) is 2. The van der Waals surface area contributed by atoms with Gasteiger partial charge in [-0.15, -0.1) is 10.2 Å². The lowest BCUT2D eigenvalue weighted by molar-refractivity contribution is -0.133. The van der Waals surface area contributed by atoms with Gasteiger partial charge in [0.1, 0.15) is 23.9 Å². The molecule has 1 N–H and O–H groups in total. The number of aromatic nitrogens is 2. The molecule has 0 aliphatic carbocycles. The van der Waals surface area contributed by atoms with Crippen molar-refractivity contribution in [3.63, 3.8) is 0 Å². The zero-order valence-corrected chi connectivity index (χ0v) is 15.8. The van der Waals surface area contributed by atoms with Crippen LogP contribution in [0.15, 0.2) is 18.2 Å². The Morgan fingerprint density at radius 1 is 1.38 bits per heavy atom. The molecule has 1 aromatic heterocycles. The third-order valence-corrected chi connectivity index (χ3v) is 4.63. The molecule has 9 heteroatoms. The van der Waals surface area contributed by atoms with Gasteiger partial charge in [-0.2, -0.15) is 0 Å².